The summed E-state index contributed by atoms with van der Waals surface area (Å²) in [4.78, 5) is 1.04. The van der Waals surface area contributed by atoms with E-state index in [2.05, 4.69) is 0 Å². The summed E-state index contributed by atoms with van der Waals surface area (Å²) >= 11 is 13.4. The first-order chi connectivity index (χ1) is 8.60. The number of halogens is 2. The number of ether oxygens (including phenoxy) is 1. The monoisotopic (exact) mass is 302 g/mol. The van der Waals surface area contributed by atoms with Crippen LogP contribution >= 0.6 is 34.5 Å². The summed E-state index contributed by atoms with van der Waals surface area (Å²) in [5.41, 5.74) is 0.769. The van der Waals surface area contributed by atoms with E-state index in [9.17, 15) is 5.11 Å². The van der Waals surface area contributed by atoms with E-state index in [-0.39, 0.29) is 0 Å². The van der Waals surface area contributed by atoms with E-state index in [4.69, 9.17) is 27.9 Å². The van der Waals surface area contributed by atoms with Crippen LogP contribution in [0, 0.1) is 0 Å². The Morgan fingerprint density at radius 3 is 2.61 bits per heavy atom. The molecule has 1 atom stereocenters. The number of aliphatic hydroxyl groups is 1. The Labute approximate surface area is 120 Å². The summed E-state index contributed by atoms with van der Waals surface area (Å²) in [6.07, 6.45) is -0.0665. The van der Waals surface area contributed by atoms with Gasteiger partial charge in [0.2, 0.25) is 0 Å². The van der Waals surface area contributed by atoms with Crippen LogP contribution in [0.25, 0.3) is 0 Å². The molecule has 2 nitrogen and oxygen atoms in total. The predicted octanol–water partition coefficient (Wildman–Crippen LogP) is 4.34. The molecule has 1 aromatic carbocycles. The molecule has 18 heavy (non-hydrogen) atoms. The highest BCUT2D eigenvalue weighted by molar-refractivity contribution is 7.16. The molecule has 1 aromatic heterocycles. The van der Waals surface area contributed by atoms with Gasteiger partial charge in [-0.1, -0.05) is 29.3 Å². The molecule has 2 rings (SSSR count). The topological polar surface area (TPSA) is 29.5 Å². The highest BCUT2D eigenvalue weighted by atomic mass is 35.5. The largest absolute Gasteiger partial charge is 0.495 e. The normalized spacial score (nSPS) is 12.4. The Morgan fingerprint density at radius 1 is 1.28 bits per heavy atom. The van der Waals surface area contributed by atoms with Crippen LogP contribution in [-0.2, 0) is 6.42 Å². The van der Waals surface area contributed by atoms with Crippen LogP contribution < -0.4 is 4.74 Å². The number of aliphatic hydroxyl groups excluding tert-OH is 1. The fourth-order valence-electron chi connectivity index (χ4n) is 1.66. The average molecular weight is 303 g/mol. The second-order valence-electron chi connectivity index (χ2n) is 3.82. The molecule has 0 fully saturated rings. The summed E-state index contributed by atoms with van der Waals surface area (Å²) in [5, 5.41) is 10.6. The van der Waals surface area contributed by atoms with Crippen molar-refractivity contribution in [1.82, 2.24) is 0 Å². The predicted molar refractivity (Wildman–Crippen MR) is 76.0 cm³/mol. The van der Waals surface area contributed by atoms with Crippen molar-refractivity contribution >= 4 is 34.5 Å². The Kier molecular flexibility index (Phi) is 4.51. The Morgan fingerprint density at radius 2 is 2.06 bits per heavy atom. The Hall–Kier alpha value is -0.740. The molecular formula is C13H12Cl2O2S. The van der Waals surface area contributed by atoms with E-state index in [0.29, 0.717) is 17.2 Å². The minimum Gasteiger partial charge on any atom is -0.495 e. The van der Waals surface area contributed by atoms with Crippen LogP contribution in [0.3, 0.4) is 0 Å². The zero-order valence-corrected chi connectivity index (χ0v) is 12.0. The smallest absolute Gasteiger partial charge is 0.137 e. The zero-order chi connectivity index (χ0) is 13.1. The van der Waals surface area contributed by atoms with Gasteiger partial charge in [0, 0.05) is 11.3 Å². The average Bonchev–Trinajstić information content (AvgIpc) is 2.74. The summed E-state index contributed by atoms with van der Waals surface area (Å²) in [7, 11) is 1.56. The van der Waals surface area contributed by atoms with Crippen molar-refractivity contribution in [2.24, 2.45) is 0 Å². The third-order valence-corrected chi connectivity index (χ3v) is 4.13. The molecule has 0 spiro atoms. The number of rotatable bonds is 4. The van der Waals surface area contributed by atoms with Crippen molar-refractivity contribution in [3.63, 3.8) is 0 Å². The Balaban J connectivity index is 2.13. The highest BCUT2D eigenvalue weighted by Gasteiger charge is 2.12. The van der Waals surface area contributed by atoms with Gasteiger partial charge in [0.15, 0.2) is 0 Å². The molecule has 1 N–H and O–H groups in total. The van der Waals surface area contributed by atoms with Crippen molar-refractivity contribution in [2.75, 3.05) is 7.11 Å². The van der Waals surface area contributed by atoms with Crippen LogP contribution in [0.1, 0.15) is 16.5 Å². The Bertz CT molecular complexity index is 540. The number of benzene rings is 1. The molecule has 5 heteroatoms. The molecule has 1 heterocycles. The third-order valence-electron chi connectivity index (χ3n) is 2.58. The minimum atomic E-state index is -0.594. The zero-order valence-electron chi connectivity index (χ0n) is 9.69. The SMILES string of the molecule is COc1ccc(C(O)Cc2ccc(Cl)s2)cc1Cl. The summed E-state index contributed by atoms with van der Waals surface area (Å²) in [5.74, 6) is 0.604. The molecular weight excluding hydrogens is 291 g/mol. The molecule has 0 aliphatic carbocycles. The van der Waals surface area contributed by atoms with Crippen LogP contribution in [-0.4, -0.2) is 12.2 Å². The van der Waals surface area contributed by atoms with Crippen LogP contribution in [0.5, 0.6) is 5.75 Å². The molecule has 0 bridgehead atoms. The first-order valence-corrected chi connectivity index (χ1v) is 6.93. The number of thiophene rings is 1. The van der Waals surface area contributed by atoms with Gasteiger partial charge in [-0.3, -0.25) is 0 Å². The number of methoxy groups -OCH3 is 1. The van der Waals surface area contributed by atoms with E-state index >= 15 is 0 Å². The molecule has 96 valence electrons. The number of hydrogen-bond donors (Lipinski definition) is 1. The van der Waals surface area contributed by atoms with E-state index in [1.54, 1.807) is 19.2 Å². The van der Waals surface area contributed by atoms with Gasteiger partial charge in [-0.15, -0.1) is 11.3 Å². The molecule has 0 saturated carbocycles. The van der Waals surface area contributed by atoms with E-state index in [1.807, 2.05) is 18.2 Å². The molecule has 0 aliphatic rings. The van der Waals surface area contributed by atoms with Gasteiger partial charge in [-0.05, 0) is 29.8 Å². The summed E-state index contributed by atoms with van der Waals surface area (Å²) in [6.45, 7) is 0. The van der Waals surface area contributed by atoms with Gasteiger partial charge < -0.3 is 9.84 Å². The lowest BCUT2D eigenvalue weighted by molar-refractivity contribution is 0.179. The lowest BCUT2D eigenvalue weighted by Gasteiger charge is -2.11. The molecule has 1 unspecified atom stereocenters. The summed E-state index contributed by atoms with van der Waals surface area (Å²) in [6, 6.07) is 9.03. The first kappa shape index (κ1) is 13.7. The first-order valence-electron chi connectivity index (χ1n) is 5.36. The van der Waals surface area contributed by atoms with Crippen molar-refractivity contribution < 1.29 is 9.84 Å². The lowest BCUT2D eigenvalue weighted by Crippen LogP contribution is -2.00. The second kappa shape index (κ2) is 5.93. The van der Waals surface area contributed by atoms with Gasteiger partial charge >= 0.3 is 0 Å². The second-order valence-corrected chi connectivity index (χ2v) is 6.03. The third kappa shape index (κ3) is 3.18. The highest BCUT2D eigenvalue weighted by Crippen LogP contribution is 2.30. The molecule has 0 radical (unpaired) electrons. The maximum atomic E-state index is 10.1. The van der Waals surface area contributed by atoms with Gasteiger partial charge in [-0.25, -0.2) is 0 Å². The molecule has 0 aliphatic heterocycles. The maximum absolute atomic E-state index is 10.1. The van der Waals surface area contributed by atoms with Crippen LogP contribution in [0.2, 0.25) is 9.36 Å². The van der Waals surface area contributed by atoms with Crippen molar-refractivity contribution in [3.05, 3.63) is 50.1 Å². The molecule has 2 aromatic rings. The van der Waals surface area contributed by atoms with Crippen LogP contribution in [0.15, 0.2) is 30.3 Å². The van der Waals surface area contributed by atoms with Gasteiger partial charge in [0.25, 0.3) is 0 Å². The van der Waals surface area contributed by atoms with E-state index < -0.39 is 6.10 Å². The van der Waals surface area contributed by atoms with Crippen molar-refractivity contribution in [1.29, 1.82) is 0 Å². The van der Waals surface area contributed by atoms with Gasteiger partial charge in [-0.2, -0.15) is 0 Å². The number of hydrogen-bond acceptors (Lipinski definition) is 3. The van der Waals surface area contributed by atoms with Crippen LogP contribution in [0.4, 0.5) is 0 Å². The quantitative estimate of drug-likeness (QED) is 0.910. The molecule has 0 saturated heterocycles. The van der Waals surface area contributed by atoms with Gasteiger partial charge in [0.05, 0.1) is 22.6 Å². The van der Waals surface area contributed by atoms with E-state index in [0.717, 1.165) is 14.8 Å². The fraction of sp³-hybridized carbons (Fsp3) is 0.231. The summed E-state index contributed by atoms with van der Waals surface area (Å²) < 4.78 is 5.80. The van der Waals surface area contributed by atoms with Crippen molar-refractivity contribution in [2.45, 2.75) is 12.5 Å². The molecule has 0 amide bonds. The van der Waals surface area contributed by atoms with Crippen molar-refractivity contribution in [3.8, 4) is 5.75 Å². The maximum Gasteiger partial charge on any atom is 0.137 e. The fourth-order valence-corrected chi connectivity index (χ4v) is 3.05. The minimum absolute atomic E-state index is 0.498. The van der Waals surface area contributed by atoms with Gasteiger partial charge in [0.1, 0.15) is 5.75 Å². The lowest BCUT2D eigenvalue weighted by atomic mass is 10.1. The van der Waals surface area contributed by atoms with E-state index in [1.165, 1.54) is 11.3 Å². The standard InChI is InChI=1S/C13H12Cl2O2S/c1-17-12-4-2-8(6-10(12)14)11(16)7-9-3-5-13(15)18-9/h2-6,11,16H,7H2,1H3.